The number of ether oxygens (including phenoxy) is 1. The summed E-state index contributed by atoms with van der Waals surface area (Å²) in [6.45, 7) is 1.91. The smallest absolute Gasteiger partial charge is 0.238 e. The maximum Gasteiger partial charge on any atom is 0.238 e. The second-order valence-corrected chi connectivity index (χ2v) is 3.03. The Morgan fingerprint density at radius 3 is 2.79 bits per heavy atom. The van der Waals surface area contributed by atoms with Crippen molar-refractivity contribution in [1.82, 2.24) is 10.2 Å². The van der Waals surface area contributed by atoms with Crippen molar-refractivity contribution in [2.24, 2.45) is 0 Å². The summed E-state index contributed by atoms with van der Waals surface area (Å²) < 4.78 is 5.46. The van der Waals surface area contributed by atoms with Crippen LogP contribution < -0.4 is 10.5 Å². The van der Waals surface area contributed by atoms with Crippen LogP contribution in [0.1, 0.15) is 5.69 Å². The summed E-state index contributed by atoms with van der Waals surface area (Å²) >= 11 is 0. The fourth-order valence-electron chi connectivity index (χ4n) is 1.13. The lowest BCUT2D eigenvalue weighted by atomic mass is 10.3. The molecule has 4 heteroatoms. The van der Waals surface area contributed by atoms with E-state index < -0.39 is 0 Å². The summed E-state index contributed by atoms with van der Waals surface area (Å²) in [5.74, 6) is 1.15. The fraction of sp³-hybridized carbons (Fsp3) is 0.100. The Morgan fingerprint density at radius 1 is 1.36 bits per heavy atom. The SMILES string of the molecule is Cc1cc(Oc2ccccc2N)n[nH]1. The second-order valence-electron chi connectivity index (χ2n) is 3.03. The van der Waals surface area contributed by atoms with Crippen LogP contribution in [0, 0.1) is 6.92 Å². The Morgan fingerprint density at radius 2 is 2.14 bits per heavy atom. The molecule has 0 spiro atoms. The molecular weight excluding hydrogens is 178 g/mol. The van der Waals surface area contributed by atoms with Crippen LogP contribution >= 0.6 is 0 Å². The number of hydrogen-bond acceptors (Lipinski definition) is 3. The monoisotopic (exact) mass is 189 g/mol. The molecule has 3 N–H and O–H groups in total. The molecule has 2 aromatic rings. The van der Waals surface area contributed by atoms with Crippen LogP contribution in [-0.2, 0) is 0 Å². The first-order valence-corrected chi connectivity index (χ1v) is 4.30. The quantitative estimate of drug-likeness (QED) is 0.711. The molecule has 0 radical (unpaired) electrons. The third kappa shape index (κ3) is 1.69. The molecule has 14 heavy (non-hydrogen) atoms. The molecule has 1 aromatic heterocycles. The number of rotatable bonds is 2. The van der Waals surface area contributed by atoms with Crippen molar-refractivity contribution >= 4 is 5.69 Å². The summed E-state index contributed by atoms with van der Waals surface area (Å²) in [7, 11) is 0. The van der Waals surface area contributed by atoms with Crippen molar-refractivity contribution in [3.05, 3.63) is 36.0 Å². The third-order valence-corrected chi connectivity index (χ3v) is 1.82. The van der Waals surface area contributed by atoms with Crippen molar-refractivity contribution in [2.75, 3.05) is 5.73 Å². The molecule has 0 amide bonds. The van der Waals surface area contributed by atoms with E-state index in [4.69, 9.17) is 10.5 Å². The molecule has 72 valence electrons. The van der Waals surface area contributed by atoms with Crippen molar-refractivity contribution in [1.29, 1.82) is 0 Å². The zero-order valence-corrected chi connectivity index (χ0v) is 7.82. The number of nitrogens with one attached hydrogen (secondary N) is 1. The molecular formula is C10H11N3O. The number of aromatic amines is 1. The minimum absolute atomic E-state index is 0.528. The van der Waals surface area contributed by atoms with E-state index >= 15 is 0 Å². The lowest BCUT2D eigenvalue weighted by molar-refractivity contribution is 0.464. The normalized spacial score (nSPS) is 10.1. The van der Waals surface area contributed by atoms with Gasteiger partial charge in [0.15, 0.2) is 5.75 Å². The zero-order valence-electron chi connectivity index (χ0n) is 7.82. The Labute approximate surface area is 81.7 Å². The molecule has 0 aliphatic heterocycles. The van der Waals surface area contributed by atoms with Gasteiger partial charge in [0.1, 0.15) is 0 Å². The Hall–Kier alpha value is -1.97. The highest BCUT2D eigenvalue weighted by Crippen LogP contribution is 2.25. The van der Waals surface area contributed by atoms with Crippen LogP contribution in [0.4, 0.5) is 5.69 Å². The number of H-pyrrole nitrogens is 1. The second kappa shape index (κ2) is 3.41. The van der Waals surface area contributed by atoms with Crippen LogP contribution in [0.2, 0.25) is 0 Å². The van der Waals surface area contributed by atoms with Gasteiger partial charge in [-0.3, -0.25) is 5.10 Å². The van der Waals surface area contributed by atoms with Gasteiger partial charge in [0, 0.05) is 11.8 Å². The van der Waals surface area contributed by atoms with E-state index in [1.165, 1.54) is 0 Å². The molecule has 2 rings (SSSR count). The number of aromatic nitrogens is 2. The lowest BCUT2D eigenvalue weighted by Gasteiger charge is -2.03. The van der Waals surface area contributed by atoms with E-state index in [-0.39, 0.29) is 0 Å². The number of nitrogens with zero attached hydrogens (tertiary/aromatic N) is 1. The first kappa shape index (κ1) is 8.62. The maximum atomic E-state index is 5.71. The van der Waals surface area contributed by atoms with Gasteiger partial charge in [-0.2, -0.15) is 0 Å². The van der Waals surface area contributed by atoms with Crippen molar-refractivity contribution in [3.8, 4) is 11.6 Å². The van der Waals surface area contributed by atoms with Crippen LogP contribution in [-0.4, -0.2) is 10.2 Å². The van der Waals surface area contributed by atoms with Gasteiger partial charge in [0.05, 0.1) is 5.69 Å². The fourth-order valence-corrected chi connectivity index (χ4v) is 1.13. The van der Waals surface area contributed by atoms with Gasteiger partial charge in [-0.05, 0) is 19.1 Å². The standard InChI is InChI=1S/C10H11N3O/c1-7-6-10(13-12-7)14-9-5-3-2-4-8(9)11/h2-6H,11H2,1H3,(H,12,13). The average molecular weight is 189 g/mol. The number of hydrogen-bond donors (Lipinski definition) is 2. The van der Waals surface area contributed by atoms with Crippen LogP contribution in [0.25, 0.3) is 0 Å². The van der Waals surface area contributed by atoms with Gasteiger partial charge in [-0.1, -0.05) is 12.1 Å². The highest BCUT2D eigenvalue weighted by molar-refractivity contribution is 5.52. The highest BCUT2D eigenvalue weighted by Gasteiger charge is 2.02. The third-order valence-electron chi connectivity index (χ3n) is 1.82. The highest BCUT2D eigenvalue weighted by atomic mass is 16.5. The van der Waals surface area contributed by atoms with Gasteiger partial charge in [0.2, 0.25) is 5.88 Å². The van der Waals surface area contributed by atoms with E-state index in [0.29, 0.717) is 17.3 Å². The number of nitrogens with two attached hydrogens (primary N) is 1. The predicted molar refractivity (Wildman–Crippen MR) is 54.3 cm³/mol. The first-order valence-electron chi connectivity index (χ1n) is 4.30. The molecule has 1 aromatic carbocycles. The molecule has 0 unspecified atom stereocenters. The molecule has 0 saturated heterocycles. The summed E-state index contributed by atoms with van der Waals surface area (Å²) in [6, 6.07) is 9.13. The van der Waals surface area contributed by atoms with E-state index in [9.17, 15) is 0 Å². The average Bonchev–Trinajstić information content (AvgIpc) is 2.56. The van der Waals surface area contributed by atoms with Gasteiger partial charge in [-0.25, -0.2) is 0 Å². The van der Waals surface area contributed by atoms with Crippen molar-refractivity contribution < 1.29 is 4.74 Å². The Bertz CT molecular complexity index is 436. The van der Waals surface area contributed by atoms with E-state index in [2.05, 4.69) is 10.2 Å². The van der Waals surface area contributed by atoms with Crippen molar-refractivity contribution in [3.63, 3.8) is 0 Å². The van der Waals surface area contributed by atoms with Crippen LogP contribution in [0.5, 0.6) is 11.6 Å². The summed E-state index contributed by atoms with van der Waals surface area (Å²) in [5, 5.41) is 6.74. The number of para-hydroxylation sites is 2. The minimum Gasteiger partial charge on any atom is -0.435 e. The van der Waals surface area contributed by atoms with E-state index in [0.717, 1.165) is 5.69 Å². The topological polar surface area (TPSA) is 63.9 Å². The molecule has 0 fully saturated rings. The van der Waals surface area contributed by atoms with Crippen molar-refractivity contribution in [2.45, 2.75) is 6.92 Å². The number of anilines is 1. The van der Waals surface area contributed by atoms with Gasteiger partial charge in [-0.15, -0.1) is 5.10 Å². The molecule has 0 atom stereocenters. The Kier molecular flexibility index (Phi) is 2.10. The summed E-state index contributed by atoms with van der Waals surface area (Å²) in [6.07, 6.45) is 0. The molecule has 0 saturated carbocycles. The predicted octanol–water partition coefficient (Wildman–Crippen LogP) is 2.09. The molecule has 0 aliphatic rings. The van der Waals surface area contributed by atoms with E-state index in [1.807, 2.05) is 25.1 Å². The molecule has 0 bridgehead atoms. The van der Waals surface area contributed by atoms with Crippen LogP contribution in [0.3, 0.4) is 0 Å². The maximum absolute atomic E-state index is 5.71. The Balaban J connectivity index is 2.23. The summed E-state index contributed by atoms with van der Waals surface area (Å²) in [4.78, 5) is 0. The first-order chi connectivity index (χ1) is 6.75. The minimum atomic E-state index is 0.528. The number of aryl methyl sites for hydroxylation is 1. The summed E-state index contributed by atoms with van der Waals surface area (Å²) in [5.41, 5.74) is 7.27. The molecule has 1 heterocycles. The molecule has 0 aliphatic carbocycles. The number of benzene rings is 1. The van der Waals surface area contributed by atoms with Crippen LogP contribution in [0.15, 0.2) is 30.3 Å². The lowest BCUT2D eigenvalue weighted by Crippen LogP contribution is -1.91. The van der Waals surface area contributed by atoms with E-state index in [1.54, 1.807) is 12.1 Å². The van der Waals surface area contributed by atoms with Gasteiger partial charge >= 0.3 is 0 Å². The molecule has 4 nitrogen and oxygen atoms in total. The zero-order chi connectivity index (χ0) is 9.97. The van der Waals surface area contributed by atoms with Gasteiger partial charge in [0.25, 0.3) is 0 Å². The number of nitrogen functional groups attached to an aromatic ring is 1. The van der Waals surface area contributed by atoms with Gasteiger partial charge < -0.3 is 10.5 Å². The largest absolute Gasteiger partial charge is 0.435 e.